The van der Waals surface area contributed by atoms with Gasteiger partial charge in [-0.25, -0.2) is 0 Å². The second kappa shape index (κ2) is 6.77. The Kier molecular flexibility index (Phi) is 4.48. The van der Waals surface area contributed by atoms with E-state index in [9.17, 15) is 9.59 Å². The van der Waals surface area contributed by atoms with E-state index in [2.05, 4.69) is 9.88 Å². The van der Waals surface area contributed by atoms with Crippen molar-refractivity contribution in [3.63, 3.8) is 0 Å². The van der Waals surface area contributed by atoms with Crippen molar-refractivity contribution in [3.8, 4) is 0 Å². The average molecular weight is 341 g/mol. The standard InChI is InChI=1S/C20H27N3O2/c24-18(17-9-4-5-12-21-17)22-14-11-20(15-22)10-6-13-23(19(20)25)16-7-2-1-3-8-16/h4-5,9,12,16H,1-3,6-8,10-11,13-15H2. The van der Waals surface area contributed by atoms with Gasteiger partial charge in [-0.05, 0) is 44.2 Å². The minimum Gasteiger partial charge on any atom is -0.339 e. The van der Waals surface area contributed by atoms with Crippen molar-refractivity contribution in [1.82, 2.24) is 14.8 Å². The Labute approximate surface area is 149 Å². The molecular formula is C20H27N3O2. The summed E-state index contributed by atoms with van der Waals surface area (Å²) in [6.45, 7) is 2.13. The van der Waals surface area contributed by atoms with E-state index in [1.807, 2.05) is 17.0 Å². The number of amides is 2. The van der Waals surface area contributed by atoms with Crippen LogP contribution in [-0.2, 0) is 4.79 Å². The fourth-order valence-corrected chi connectivity index (χ4v) is 4.92. The summed E-state index contributed by atoms with van der Waals surface area (Å²) < 4.78 is 0. The maximum Gasteiger partial charge on any atom is 0.272 e. The van der Waals surface area contributed by atoms with Gasteiger partial charge in [-0.2, -0.15) is 0 Å². The molecule has 3 aliphatic rings. The summed E-state index contributed by atoms with van der Waals surface area (Å²) in [7, 11) is 0. The van der Waals surface area contributed by atoms with Crippen LogP contribution in [0.3, 0.4) is 0 Å². The van der Waals surface area contributed by atoms with Crippen molar-refractivity contribution in [2.24, 2.45) is 5.41 Å². The first kappa shape index (κ1) is 16.6. The molecule has 2 amide bonds. The van der Waals surface area contributed by atoms with E-state index in [-0.39, 0.29) is 11.3 Å². The van der Waals surface area contributed by atoms with Gasteiger partial charge in [0.2, 0.25) is 5.91 Å². The van der Waals surface area contributed by atoms with Crippen LogP contribution in [0.5, 0.6) is 0 Å². The zero-order valence-corrected chi connectivity index (χ0v) is 14.8. The lowest BCUT2D eigenvalue weighted by Gasteiger charge is -2.44. The van der Waals surface area contributed by atoms with Crippen molar-refractivity contribution in [3.05, 3.63) is 30.1 Å². The first-order valence-electron chi connectivity index (χ1n) is 9.71. The van der Waals surface area contributed by atoms with E-state index < -0.39 is 0 Å². The SMILES string of the molecule is O=C(c1ccccn1)N1CCC2(CCCN(C3CCCCC3)C2=O)C1. The van der Waals surface area contributed by atoms with E-state index in [1.165, 1.54) is 19.3 Å². The predicted molar refractivity (Wildman–Crippen MR) is 95.0 cm³/mol. The van der Waals surface area contributed by atoms with Gasteiger partial charge in [0.05, 0.1) is 5.41 Å². The van der Waals surface area contributed by atoms with E-state index in [1.54, 1.807) is 12.3 Å². The quantitative estimate of drug-likeness (QED) is 0.831. The van der Waals surface area contributed by atoms with Crippen LogP contribution in [0.1, 0.15) is 61.9 Å². The molecule has 4 rings (SSSR count). The highest BCUT2D eigenvalue weighted by Gasteiger charge is 2.50. The first-order valence-corrected chi connectivity index (χ1v) is 9.71. The van der Waals surface area contributed by atoms with Crippen molar-refractivity contribution in [2.75, 3.05) is 19.6 Å². The van der Waals surface area contributed by atoms with Gasteiger partial charge in [0.1, 0.15) is 5.69 Å². The largest absolute Gasteiger partial charge is 0.339 e. The van der Waals surface area contributed by atoms with Gasteiger partial charge in [-0.15, -0.1) is 0 Å². The number of hydrogen-bond acceptors (Lipinski definition) is 3. The third kappa shape index (κ3) is 3.05. The van der Waals surface area contributed by atoms with E-state index in [4.69, 9.17) is 0 Å². The number of carbonyl (C=O) groups is 2. The molecule has 0 bridgehead atoms. The minimum absolute atomic E-state index is 0.0416. The summed E-state index contributed by atoms with van der Waals surface area (Å²) >= 11 is 0. The Bertz CT molecular complexity index is 642. The van der Waals surface area contributed by atoms with Gasteiger partial charge < -0.3 is 9.80 Å². The van der Waals surface area contributed by atoms with Crippen LogP contribution in [0.15, 0.2) is 24.4 Å². The third-order valence-corrected chi connectivity index (χ3v) is 6.31. The molecule has 1 aromatic rings. The van der Waals surface area contributed by atoms with E-state index in [0.29, 0.717) is 30.7 Å². The molecule has 0 N–H and O–H groups in total. The second-order valence-electron chi connectivity index (χ2n) is 7.87. The number of aromatic nitrogens is 1. The van der Waals surface area contributed by atoms with Crippen LogP contribution in [-0.4, -0.2) is 52.3 Å². The van der Waals surface area contributed by atoms with Gasteiger partial charge in [0.25, 0.3) is 5.91 Å². The molecule has 3 heterocycles. The molecule has 5 nitrogen and oxygen atoms in total. The molecule has 134 valence electrons. The number of nitrogens with zero attached hydrogens (tertiary/aromatic N) is 3. The molecule has 1 spiro atoms. The zero-order valence-electron chi connectivity index (χ0n) is 14.8. The molecule has 2 saturated heterocycles. The highest BCUT2D eigenvalue weighted by molar-refractivity contribution is 5.94. The van der Waals surface area contributed by atoms with Crippen molar-refractivity contribution in [2.45, 2.75) is 57.4 Å². The molecule has 5 heteroatoms. The summed E-state index contributed by atoms with van der Waals surface area (Å²) in [5.74, 6) is 0.266. The third-order valence-electron chi connectivity index (χ3n) is 6.31. The molecular weight excluding hydrogens is 314 g/mol. The summed E-state index contributed by atoms with van der Waals surface area (Å²) in [5.41, 5.74) is 0.132. The van der Waals surface area contributed by atoms with Gasteiger partial charge in [0, 0.05) is 31.9 Å². The summed E-state index contributed by atoms with van der Waals surface area (Å²) in [5, 5.41) is 0. The number of likely N-dealkylation sites (tertiary alicyclic amines) is 2. The minimum atomic E-state index is -0.347. The Morgan fingerprint density at radius 2 is 1.92 bits per heavy atom. The molecule has 0 aromatic carbocycles. The number of piperidine rings is 1. The molecule has 1 aliphatic carbocycles. The highest BCUT2D eigenvalue weighted by Crippen LogP contribution is 2.42. The predicted octanol–water partition coefficient (Wildman–Crippen LogP) is 2.87. The van der Waals surface area contributed by atoms with Gasteiger partial charge in [-0.3, -0.25) is 14.6 Å². The molecule has 1 atom stereocenters. The number of hydrogen-bond donors (Lipinski definition) is 0. The number of pyridine rings is 1. The first-order chi connectivity index (χ1) is 12.2. The van der Waals surface area contributed by atoms with Crippen LogP contribution in [0.25, 0.3) is 0 Å². The summed E-state index contributed by atoms with van der Waals surface area (Å²) in [6, 6.07) is 5.83. The monoisotopic (exact) mass is 341 g/mol. The fourth-order valence-electron chi connectivity index (χ4n) is 4.92. The van der Waals surface area contributed by atoms with Crippen LogP contribution in [0, 0.1) is 5.41 Å². The average Bonchev–Trinajstić information content (AvgIpc) is 3.10. The van der Waals surface area contributed by atoms with Crippen molar-refractivity contribution in [1.29, 1.82) is 0 Å². The van der Waals surface area contributed by atoms with Gasteiger partial charge in [0.15, 0.2) is 0 Å². The lowest BCUT2D eigenvalue weighted by Crippen LogP contribution is -2.54. The lowest BCUT2D eigenvalue weighted by atomic mass is 9.77. The second-order valence-corrected chi connectivity index (χ2v) is 7.87. The normalized spacial score (nSPS) is 27.9. The summed E-state index contributed by atoms with van der Waals surface area (Å²) in [6.07, 6.45) is 10.5. The molecule has 1 unspecified atom stereocenters. The molecule has 1 saturated carbocycles. The van der Waals surface area contributed by atoms with E-state index >= 15 is 0 Å². The molecule has 2 aliphatic heterocycles. The van der Waals surface area contributed by atoms with Crippen molar-refractivity contribution >= 4 is 11.8 Å². The smallest absolute Gasteiger partial charge is 0.272 e. The molecule has 0 radical (unpaired) electrons. The molecule has 1 aromatic heterocycles. The van der Waals surface area contributed by atoms with Crippen LogP contribution >= 0.6 is 0 Å². The van der Waals surface area contributed by atoms with Gasteiger partial charge in [-0.1, -0.05) is 25.3 Å². The maximum absolute atomic E-state index is 13.3. The lowest BCUT2D eigenvalue weighted by molar-refractivity contribution is -0.149. The fraction of sp³-hybridized carbons (Fsp3) is 0.650. The van der Waals surface area contributed by atoms with Crippen LogP contribution in [0.4, 0.5) is 0 Å². The van der Waals surface area contributed by atoms with Crippen molar-refractivity contribution < 1.29 is 9.59 Å². The Morgan fingerprint density at radius 1 is 1.08 bits per heavy atom. The Morgan fingerprint density at radius 3 is 2.68 bits per heavy atom. The zero-order chi connectivity index (χ0) is 17.3. The Hall–Kier alpha value is -1.91. The molecule has 25 heavy (non-hydrogen) atoms. The number of carbonyl (C=O) groups excluding carboxylic acids is 2. The van der Waals surface area contributed by atoms with Crippen LogP contribution < -0.4 is 0 Å². The molecule has 3 fully saturated rings. The topological polar surface area (TPSA) is 53.5 Å². The summed E-state index contributed by atoms with van der Waals surface area (Å²) in [4.78, 5) is 34.2. The number of rotatable bonds is 2. The Balaban J connectivity index is 1.48. The maximum atomic E-state index is 13.3. The van der Waals surface area contributed by atoms with Gasteiger partial charge >= 0.3 is 0 Å². The van der Waals surface area contributed by atoms with Crippen LogP contribution in [0.2, 0.25) is 0 Å². The highest BCUT2D eigenvalue weighted by atomic mass is 16.2. The van der Waals surface area contributed by atoms with E-state index in [0.717, 1.165) is 38.6 Å².